The van der Waals surface area contributed by atoms with Gasteiger partial charge in [0, 0.05) is 37.8 Å². The van der Waals surface area contributed by atoms with E-state index in [1.807, 2.05) is 11.9 Å². The van der Waals surface area contributed by atoms with E-state index in [2.05, 4.69) is 4.90 Å². The monoisotopic (exact) mass is 278 g/mol. The van der Waals surface area contributed by atoms with E-state index in [4.69, 9.17) is 4.74 Å². The van der Waals surface area contributed by atoms with Crippen molar-refractivity contribution in [3.63, 3.8) is 0 Å². The quantitative estimate of drug-likeness (QED) is 0.811. The molecule has 2 aliphatic heterocycles. The van der Waals surface area contributed by atoms with Crippen molar-refractivity contribution >= 4 is 5.97 Å². The van der Waals surface area contributed by atoms with Gasteiger partial charge >= 0.3 is 5.97 Å². The largest absolute Gasteiger partial charge is 0.508 e. The van der Waals surface area contributed by atoms with E-state index in [1.165, 1.54) is 12.1 Å². The first-order valence-corrected chi connectivity index (χ1v) is 6.67. The van der Waals surface area contributed by atoms with Crippen LogP contribution in [0, 0.1) is 0 Å². The molecule has 0 bridgehead atoms. The third-order valence-corrected chi connectivity index (χ3v) is 4.24. The third-order valence-electron chi connectivity index (χ3n) is 4.24. The summed E-state index contributed by atoms with van der Waals surface area (Å²) < 4.78 is 5.54. The number of rotatable bonds is 2. The van der Waals surface area contributed by atoms with Gasteiger partial charge in [-0.05, 0) is 19.2 Å². The van der Waals surface area contributed by atoms with E-state index < -0.39 is 11.5 Å². The molecule has 6 nitrogen and oxygen atoms in total. The molecule has 0 amide bonds. The maximum atomic E-state index is 12.0. The van der Waals surface area contributed by atoms with Gasteiger partial charge in [0.1, 0.15) is 18.1 Å². The van der Waals surface area contributed by atoms with Gasteiger partial charge in [0.15, 0.2) is 5.54 Å². The fourth-order valence-electron chi connectivity index (χ4n) is 2.99. The van der Waals surface area contributed by atoms with Crippen molar-refractivity contribution in [2.75, 3.05) is 39.8 Å². The van der Waals surface area contributed by atoms with Crippen molar-refractivity contribution < 1.29 is 19.7 Å². The van der Waals surface area contributed by atoms with Crippen LogP contribution in [0.2, 0.25) is 0 Å². The molecule has 0 spiro atoms. The Balaban J connectivity index is 2.01. The van der Waals surface area contributed by atoms with Crippen molar-refractivity contribution in [2.45, 2.75) is 5.54 Å². The van der Waals surface area contributed by atoms with Crippen LogP contribution in [0.3, 0.4) is 0 Å². The Morgan fingerprint density at radius 2 is 2.00 bits per heavy atom. The molecule has 0 aromatic heterocycles. The second-order valence-electron chi connectivity index (χ2n) is 5.42. The van der Waals surface area contributed by atoms with Crippen LogP contribution in [0.25, 0.3) is 0 Å². The van der Waals surface area contributed by atoms with Gasteiger partial charge in [-0.2, -0.15) is 0 Å². The van der Waals surface area contributed by atoms with E-state index in [0.717, 1.165) is 13.1 Å². The van der Waals surface area contributed by atoms with Crippen LogP contribution in [-0.4, -0.2) is 65.8 Å². The number of aromatic hydroxyl groups is 1. The highest BCUT2D eigenvalue weighted by Crippen LogP contribution is 2.43. The number of piperazine rings is 1. The lowest BCUT2D eigenvalue weighted by Gasteiger charge is -2.41. The summed E-state index contributed by atoms with van der Waals surface area (Å²) in [5, 5.41) is 19.3. The number of likely N-dealkylation sites (N-methyl/N-ethyl adjacent to an activating group) is 1. The number of fused-ring (bicyclic) bond motifs is 1. The molecule has 1 aromatic carbocycles. The van der Waals surface area contributed by atoms with Crippen molar-refractivity contribution in [1.82, 2.24) is 9.80 Å². The number of carbonyl (C=O) groups is 1. The fraction of sp³-hybridized carbons (Fsp3) is 0.500. The van der Waals surface area contributed by atoms with E-state index >= 15 is 0 Å². The van der Waals surface area contributed by atoms with Crippen LogP contribution < -0.4 is 4.74 Å². The zero-order valence-corrected chi connectivity index (χ0v) is 11.4. The summed E-state index contributed by atoms with van der Waals surface area (Å²) in [4.78, 5) is 16.1. The summed E-state index contributed by atoms with van der Waals surface area (Å²) in [6.45, 7) is 3.13. The number of hydrogen-bond donors (Lipinski definition) is 2. The molecule has 1 fully saturated rings. The van der Waals surface area contributed by atoms with Crippen LogP contribution in [0.15, 0.2) is 18.2 Å². The average Bonchev–Trinajstić information content (AvgIpc) is 2.79. The molecule has 1 aromatic rings. The molecule has 0 radical (unpaired) electrons. The van der Waals surface area contributed by atoms with Gasteiger partial charge in [-0.15, -0.1) is 0 Å². The van der Waals surface area contributed by atoms with Gasteiger partial charge in [0.25, 0.3) is 0 Å². The summed E-state index contributed by atoms with van der Waals surface area (Å²) in [5.41, 5.74) is -0.503. The third kappa shape index (κ3) is 1.83. The molecule has 2 aliphatic rings. The normalized spacial score (nSPS) is 27.1. The van der Waals surface area contributed by atoms with Crippen molar-refractivity contribution in [2.24, 2.45) is 0 Å². The second kappa shape index (κ2) is 4.64. The molecule has 2 heterocycles. The van der Waals surface area contributed by atoms with Gasteiger partial charge in [0.05, 0.1) is 0 Å². The first kappa shape index (κ1) is 13.2. The summed E-state index contributed by atoms with van der Waals surface area (Å²) in [5.74, 6) is -0.346. The number of carboxylic acids is 1. The molecular formula is C14H18N2O4. The standard InChI is InChI=1S/C14H18N2O4/c1-15-4-6-16(7-5-15)14(13(18)19)9-20-12-8-10(17)2-3-11(12)14/h2-3,8,17H,4-7,9H2,1H3,(H,18,19). The lowest BCUT2D eigenvalue weighted by atomic mass is 9.89. The number of benzene rings is 1. The molecule has 1 saturated heterocycles. The van der Waals surface area contributed by atoms with Gasteiger partial charge in [-0.25, -0.2) is 4.79 Å². The second-order valence-corrected chi connectivity index (χ2v) is 5.42. The summed E-state index contributed by atoms with van der Waals surface area (Å²) in [6, 6.07) is 4.65. The Morgan fingerprint density at radius 1 is 1.30 bits per heavy atom. The topological polar surface area (TPSA) is 73.2 Å². The number of phenolic OH excluding ortho intramolecular Hbond substituents is 1. The molecule has 0 saturated carbocycles. The predicted molar refractivity (Wildman–Crippen MR) is 72.0 cm³/mol. The number of phenols is 1. The highest BCUT2D eigenvalue weighted by molar-refractivity contribution is 5.83. The Bertz CT molecular complexity index is 540. The zero-order valence-electron chi connectivity index (χ0n) is 11.4. The molecule has 20 heavy (non-hydrogen) atoms. The number of carboxylic acid groups (broad SMARTS) is 1. The molecule has 108 valence electrons. The van der Waals surface area contributed by atoms with Crippen LogP contribution in [0.1, 0.15) is 5.56 Å². The maximum absolute atomic E-state index is 12.0. The van der Waals surface area contributed by atoms with E-state index in [9.17, 15) is 15.0 Å². The predicted octanol–water partition coefficient (Wildman–Crippen LogP) is 0.312. The van der Waals surface area contributed by atoms with Crippen molar-refractivity contribution in [3.05, 3.63) is 23.8 Å². The van der Waals surface area contributed by atoms with Crippen LogP contribution in [-0.2, 0) is 10.3 Å². The smallest absolute Gasteiger partial charge is 0.332 e. The molecular weight excluding hydrogens is 260 g/mol. The number of ether oxygens (including phenoxy) is 1. The van der Waals surface area contributed by atoms with Crippen molar-refractivity contribution in [1.29, 1.82) is 0 Å². The SMILES string of the molecule is CN1CCN(C2(C(=O)O)COc3cc(O)ccc32)CC1. The molecule has 3 rings (SSSR count). The Morgan fingerprint density at radius 3 is 2.65 bits per heavy atom. The van der Waals surface area contributed by atoms with Gasteiger partial charge in [-0.3, -0.25) is 4.90 Å². The Labute approximate surface area is 117 Å². The minimum Gasteiger partial charge on any atom is -0.508 e. The lowest BCUT2D eigenvalue weighted by molar-refractivity contribution is -0.154. The molecule has 0 aliphatic carbocycles. The summed E-state index contributed by atoms with van der Waals surface area (Å²) in [6.07, 6.45) is 0. The first-order chi connectivity index (χ1) is 9.54. The van der Waals surface area contributed by atoms with Crippen LogP contribution in [0.4, 0.5) is 0 Å². The molecule has 1 atom stereocenters. The number of nitrogens with zero attached hydrogens (tertiary/aromatic N) is 2. The lowest BCUT2D eigenvalue weighted by Crippen LogP contribution is -2.59. The van der Waals surface area contributed by atoms with E-state index in [-0.39, 0.29) is 12.4 Å². The van der Waals surface area contributed by atoms with Crippen LogP contribution >= 0.6 is 0 Å². The average molecular weight is 278 g/mol. The van der Waals surface area contributed by atoms with Gasteiger partial charge in [-0.1, -0.05) is 0 Å². The minimum atomic E-state index is -1.13. The Hall–Kier alpha value is -1.79. The first-order valence-electron chi connectivity index (χ1n) is 6.67. The van der Waals surface area contributed by atoms with Crippen LogP contribution in [0.5, 0.6) is 11.5 Å². The van der Waals surface area contributed by atoms with Gasteiger partial charge in [0.2, 0.25) is 0 Å². The maximum Gasteiger partial charge on any atom is 0.332 e. The van der Waals surface area contributed by atoms with E-state index in [1.54, 1.807) is 6.07 Å². The number of aliphatic carboxylic acids is 1. The highest BCUT2D eigenvalue weighted by Gasteiger charge is 2.52. The highest BCUT2D eigenvalue weighted by atomic mass is 16.5. The van der Waals surface area contributed by atoms with Gasteiger partial charge < -0.3 is 19.8 Å². The number of hydrogen-bond acceptors (Lipinski definition) is 5. The van der Waals surface area contributed by atoms with Crippen molar-refractivity contribution in [3.8, 4) is 11.5 Å². The molecule has 1 unspecified atom stereocenters. The fourth-order valence-corrected chi connectivity index (χ4v) is 2.99. The molecule has 2 N–H and O–H groups in total. The summed E-state index contributed by atoms with van der Waals surface area (Å²) >= 11 is 0. The zero-order chi connectivity index (χ0) is 14.3. The summed E-state index contributed by atoms with van der Waals surface area (Å²) in [7, 11) is 2.03. The Kier molecular flexibility index (Phi) is 3.07. The molecule has 6 heteroatoms. The minimum absolute atomic E-state index is 0.0864. The van der Waals surface area contributed by atoms with E-state index in [0.29, 0.717) is 24.4 Å².